The van der Waals surface area contributed by atoms with E-state index < -0.39 is 0 Å². The average molecular weight is 349 g/mol. The molecule has 26 heavy (non-hydrogen) atoms. The fraction of sp³-hybridized carbons (Fsp3) is 0.158. The molecule has 0 aliphatic rings. The van der Waals surface area contributed by atoms with Crippen molar-refractivity contribution in [3.63, 3.8) is 0 Å². The summed E-state index contributed by atoms with van der Waals surface area (Å²) in [6.45, 7) is 0. The van der Waals surface area contributed by atoms with Gasteiger partial charge in [-0.3, -0.25) is 14.8 Å². The van der Waals surface area contributed by atoms with E-state index in [1.165, 1.54) is 0 Å². The lowest BCUT2D eigenvalue weighted by atomic mass is 10.2. The number of H-pyrrole nitrogens is 1. The molecule has 4 rings (SSSR count). The molecule has 2 aromatic heterocycles. The summed E-state index contributed by atoms with van der Waals surface area (Å²) >= 11 is 0. The lowest BCUT2D eigenvalue weighted by molar-refractivity contribution is 0.395. The first-order chi connectivity index (χ1) is 12.6. The number of aromatic amines is 1. The van der Waals surface area contributed by atoms with Gasteiger partial charge < -0.3 is 14.8 Å². The highest BCUT2D eigenvalue weighted by atomic mass is 16.5. The zero-order chi connectivity index (χ0) is 18.1. The van der Waals surface area contributed by atoms with E-state index >= 15 is 0 Å². The summed E-state index contributed by atoms with van der Waals surface area (Å²) < 4.78 is 12.5. The molecule has 7 heteroatoms. The molecule has 2 heterocycles. The van der Waals surface area contributed by atoms with Crippen molar-refractivity contribution in [3.05, 3.63) is 48.8 Å². The summed E-state index contributed by atoms with van der Waals surface area (Å²) in [5, 5.41) is 6.51. The zero-order valence-corrected chi connectivity index (χ0v) is 14.8. The van der Waals surface area contributed by atoms with Gasteiger partial charge in [-0.2, -0.15) is 0 Å². The van der Waals surface area contributed by atoms with Gasteiger partial charge in [-0.1, -0.05) is 0 Å². The average Bonchev–Trinajstić information content (AvgIpc) is 2.64. The molecule has 4 aromatic rings. The van der Waals surface area contributed by atoms with Gasteiger partial charge in [-0.05, 0) is 18.2 Å². The highest BCUT2D eigenvalue weighted by Crippen LogP contribution is 2.29. The second-order valence-corrected chi connectivity index (χ2v) is 5.95. The van der Waals surface area contributed by atoms with Gasteiger partial charge in [0.25, 0.3) is 0 Å². The van der Waals surface area contributed by atoms with Gasteiger partial charge in [0.1, 0.15) is 17.2 Å². The van der Waals surface area contributed by atoms with Crippen molar-refractivity contribution in [3.8, 4) is 22.9 Å². The number of hydrogen-bond donors (Lipinski definition) is 2. The molecule has 0 aliphatic heterocycles. The number of nitrogens with one attached hydrogen (secondary N) is 2. The van der Waals surface area contributed by atoms with E-state index in [4.69, 9.17) is 14.5 Å². The Hall–Kier alpha value is -3.48. The lowest BCUT2D eigenvalue weighted by Gasteiger charge is -2.12. The number of hydrogen-bond acceptors (Lipinski definition) is 5. The molecule has 7 nitrogen and oxygen atoms in total. The minimum Gasteiger partial charge on any atom is -0.497 e. The third-order valence-corrected chi connectivity index (χ3v) is 4.08. The van der Waals surface area contributed by atoms with E-state index in [2.05, 4.69) is 15.4 Å². The molecule has 0 aliphatic carbocycles. The number of anilines is 2. The first kappa shape index (κ1) is 16.0. The second-order valence-electron chi connectivity index (χ2n) is 5.95. The monoisotopic (exact) mass is 349 g/mol. The number of fused-ring (bicyclic) bond motifs is 1. The first-order valence-corrected chi connectivity index (χ1v) is 8.13. The molecule has 0 saturated carbocycles. The Morgan fingerprint density at radius 2 is 1.69 bits per heavy atom. The van der Waals surface area contributed by atoms with Crippen LogP contribution in [0, 0.1) is 0 Å². The van der Waals surface area contributed by atoms with Crippen molar-refractivity contribution < 1.29 is 9.47 Å². The van der Waals surface area contributed by atoms with Crippen molar-refractivity contribution >= 4 is 22.4 Å². The molecule has 2 aromatic carbocycles. The molecule has 0 spiro atoms. The van der Waals surface area contributed by atoms with E-state index in [1.54, 1.807) is 20.4 Å². The van der Waals surface area contributed by atoms with Crippen molar-refractivity contribution in [2.75, 3.05) is 19.5 Å². The van der Waals surface area contributed by atoms with E-state index in [0.29, 0.717) is 0 Å². The van der Waals surface area contributed by atoms with Crippen LogP contribution in [-0.2, 0) is 7.05 Å². The molecule has 0 amide bonds. The number of nitrogens with zero attached hydrogens (tertiary/aromatic N) is 3. The minimum absolute atomic E-state index is 0.724. The van der Waals surface area contributed by atoms with E-state index in [0.717, 1.165) is 45.3 Å². The zero-order valence-electron chi connectivity index (χ0n) is 14.8. The Kier molecular flexibility index (Phi) is 3.96. The Bertz CT molecular complexity index is 1030. The Morgan fingerprint density at radius 3 is 2.35 bits per heavy atom. The van der Waals surface area contributed by atoms with Gasteiger partial charge in [-0.25, -0.2) is 4.98 Å². The number of methoxy groups -OCH3 is 2. The SMILES string of the molecule is COc1cc(Nc2ccc3ncc(-c4cn(C)[nH]4)nc3c2)cc(OC)c1. The second kappa shape index (κ2) is 6.44. The van der Waals surface area contributed by atoms with Crippen molar-refractivity contribution in [2.45, 2.75) is 0 Å². The van der Waals surface area contributed by atoms with Gasteiger partial charge in [0, 0.05) is 42.8 Å². The smallest absolute Gasteiger partial charge is 0.124 e. The van der Waals surface area contributed by atoms with Gasteiger partial charge >= 0.3 is 0 Å². The van der Waals surface area contributed by atoms with Crippen LogP contribution in [0.2, 0.25) is 0 Å². The number of benzene rings is 2. The topological polar surface area (TPSA) is 77.0 Å². The van der Waals surface area contributed by atoms with Crippen molar-refractivity contribution in [2.24, 2.45) is 7.05 Å². The highest BCUT2D eigenvalue weighted by molar-refractivity contribution is 5.81. The summed E-state index contributed by atoms with van der Waals surface area (Å²) in [5.74, 6) is 1.45. The molecule has 0 bridgehead atoms. The summed E-state index contributed by atoms with van der Waals surface area (Å²) in [6.07, 6.45) is 3.74. The Balaban J connectivity index is 1.67. The molecular weight excluding hydrogens is 330 g/mol. The highest BCUT2D eigenvalue weighted by Gasteiger charge is 2.08. The minimum atomic E-state index is 0.724. The Morgan fingerprint density at radius 1 is 0.962 bits per heavy atom. The maximum atomic E-state index is 5.32. The molecular formula is C19H19N5O2. The lowest BCUT2D eigenvalue weighted by Crippen LogP contribution is -2.06. The third kappa shape index (κ3) is 3.06. The molecule has 0 saturated heterocycles. The summed E-state index contributed by atoms with van der Waals surface area (Å²) in [6, 6.07) is 11.5. The van der Waals surface area contributed by atoms with Crippen molar-refractivity contribution in [1.29, 1.82) is 0 Å². The van der Waals surface area contributed by atoms with Crippen LogP contribution in [0.3, 0.4) is 0 Å². The normalized spacial score (nSPS) is 10.9. The predicted molar refractivity (Wildman–Crippen MR) is 101 cm³/mol. The van der Waals surface area contributed by atoms with Crippen LogP contribution in [0.4, 0.5) is 11.4 Å². The third-order valence-electron chi connectivity index (χ3n) is 4.08. The maximum Gasteiger partial charge on any atom is 0.124 e. The van der Waals surface area contributed by atoms with Crippen LogP contribution >= 0.6 is 0 Å². The molecule has 0 unspecified atom stereocenters. The van der Waals surface area contributed by atoms with Crippen LogP contribution in [0.5, 0.6) is 11.5 Å². The van der Waals surface area contributed by atoms with Crippen LogP contribution in [0.15, 0.2) is 48.8 Å². The maximum absolute atomic E-state index is 5.32. The van der Waals surface area contributed by atoms with Gasteiger partial charge in [0.2, 0.25) is 0 Å². The standard InChI is InChI=1S/C19H19N5O2/c1-24-11-19(23-24)18-10-20-16-5-4-12(8-17(16)22-18)21-13-6-14(25-2)9-15(7-13)26-3/h4-11,21,23H,1-3H3. The van der Waals surface area contributed by atoms with E-state index in [1.807, 2.05) is 54.3 Å². The summed E-state index contributed by atoms with van der Waals surface area (Å²) in [5.41, 5.74) is 5.21. The molecule has 0 fully saturated rings. The molecule has 2 N–H and O–H groups in total. The first-order valence-electron chi connectivity index (χ1n) is 8.13. The molecule has 132 valence electrons. The van der Waals surface area contributed by atoms with E-state index in [-0.39, 0.29) is 0 Å². The van der Waals surface area contributed by atoms with Gasteiger partial charge in [0.15, 0.2) is 0 Å². The number of aromatic nitrogens is 4. The number of rotatable bonds is 5. The number of aryl methyl sites for hydroxylation is 1. The van der Waals surface area contributed by atoms with Crippen LogP contribution in [-0.4, -0.2) is 34.0 Å². The fourth-order valence-corrected chi connectivity index (χ4v) is 2.77. The number of ether oxygens (including phenoxy) is 2. The van der Waals surface area contributed by atoms with Crippen LogP contribution in [0.25, 0.3) is 22.4 Å². The van der Waals surface area contributed by atoms with Gasteiger partial charge in [0.05, 0.1) is 37.1 Å². The predicted octanol–water partition coefficient (Wildman–Crippen LogP) is 3.72. The summed E-state index contributed by atoms with van der Waals surface area (Å²) in [4.78, 5) is 9.17. The van der Waals surface area contributed by atoms with E-state index in [9.17, 15) is 0 Å². The van der Waals surface area contributed by atoms with Crippen LogP contribution < -0.4 is 14.8 Å². The van der Waals surface area contributed by atoms with Crippen molar-refractivity contribution in [1.82, 2.24) is 19.7 Å². The Labute approximate surface area is 150 Å². The fourth-order valence-electron chi connectivity index (χ4n) is 2.77. The summed E-state index contributed by atoms with van der Waals surface area (Å²) in [7, 11) is 5.20. The quantitative estimate of drug-likeness (QED) is 0.574. The molecule has 0 atom stereocenters. The van der Waals surface area contributed by atoms with Crippen LogP contribution in [0.1, 0.15) is 0 Å². The molecule has 0 radical (unpaired) electrons. The largest absolute Gasteiger partial charge is 0.497 e. The van der Waals surface area contributed by atoms with Gasteiger partial charge in [-0.15, -0.1) is 0 Å².